The van der Waals surface area contributed by atoms with Crippen LogP contribution in [0.3, 0.4) is 0 Å². The second-order valence-electron chi connectivity index (χ2n) is 8.85. The van der Waals surface area contributed by atoms with E-state index in [2.05, 4.69) is 32.0 Å². The van der Waals surface area contributed by atoms with E-state index in [0.717, 1.165) is 26.1 Å². The summed E-state index contributed by atoms with van der Waals surface area (Å²) in [5, 5.41) is 0. The molecule has 0 bridgehead atoms. The van der Waals surface area contributed by atoms with Crippen molar-refractivity contribution in [3.63, 3.8) is 0 Å². The number of carbonyl (C=O) groups excluding carboxylic acids is 2. The lowest BCUT2D eigenvalue weighted by Gasteiger charge is -2.30. The van der Waals surface area contributed by atoms with Crippen molar-refractivity contribution in [1.29, 1.82) is 0 Å². The molecule has 3 aliphatic rings. The summed E-state index contributed by atoms with van der Waals surface area (Å²) in [6.45, 7) is 14.4. The van der Waals surface area contributed by atoms with Crippen molar-refractivity contribution in [3.8, 4) is 0 Å². The minimum Gasteiger partial charge on any atom is -0.332 e. The van der Waals surface area contributed by atoms with Gasteiger partial charge in [-0.1, -0.05) is 26.0 Å². The summed E-state index contributed by atoms with van der Waals surface area (Å²) in [6, 6.07) is -0.238. The normalized spacial score (nSPS) is 38.3. The number of likely N-dealkylation sites (tertiary alicyclic amines) is 2. The van der Waals surface area contributed by atoms with Gasteiger partial charge in [-0.25, -0.2) is 0 Å². The Kier molecular flexibility index (Phi) is 4.93. The van der Waals surface area contributed by atoms with E-state index in [0.29, 0.717) is 30.6 Å². The molecule has 4 nitrogen and oxygen atoms in total. The second kappa shape index (κ2) is 6.71. The molecule has 4 heteroatoms. The Morgan fingerprint density at radius 1 is 1.28 bits per heavy atom. The maximum Gasteiger partial charge on any atom is 0.226 e. The Bertz CT molecular complexity index is 586. The molecule has 0 aromatic rings. The molecular formula is C21H32N2O2. The SMILES string of the molecule is C=CCC(C)C(=O)N1CC2CN(C)CC2C1C(=O)CC1(C)CC1C=C. The first-order valence-electron chi connectivity index (χ1n) is 9.56. The lowest BCUT2D eigenvalue weighted by atomic mass is 9.86. The molecule has 1 saturated carbocycles. The highest BCUT2D eigenvalue weighted by Gasteiger charge is 2.55. The molecule has 3 rings (SSSR count). The van der Waals surface area contributed by atoms with Crippen LogP contribution < -0.4 is 0 Å². The van der Waals surface area contributed by atoms with Crippen molar-refractivity contribution in [3.05, 3.63) is 25.3 Å². The van der Waals surface area contributed by atoms with E-state index in [9.17, 15) is 9.59 Å². The standard InChI is InChI=1S/C21H32N2O2/c1-6-8-14(3)20(25)23-12-15-11-22(5)13-17(15)19(23)18(24)10-21(4)9-16(21)7-2/h6-7,14-17,19H,1-2,8-13H2,3-5H3. The Balaban J connectivity index is 1.78. The number of amides is 1. The van der Waals surface area contributed by atoms with Gasteiger partial charge in [0.2, 0.25) is 5.91 Å². The maximum atomic E-state index is 13.2. The van der Waals surface area contributed by atoms with E-state index in [4.69, 9.17) is 0 Å². The fourth-order valence-electron chi connectivity index (χ4n) is 5.06. The second-order valence-corrected chi connectivity index (χ2v) is 8.85. The van der Waals surface area contributed by atoms with Crippen molar-refractivity contribution in [2.24, 2.45) is 29.1 Å². The van der Waals surface area contributed by atoms with Crippen LogP contribution in [0.25, 0.3) is 0 Å². The quantitative estimate of drug-likeness (QED) is 0.667. The number of Topliss-reactive ketones (excluding diaryl/α,β-unsaturated/α-hetero) is 1. The van der Waals surface area contributed by atoms with Crippen LogP contribution in [0.15, 0.2) is 25.3 Å². The molecule has 0 aromatic heterocycles. The number of hydrogen-bond donors (Lipinski definition) is 0. The number of hydrogen-bond acceptors (Lipinski definition) is 3. The molecule has 6 unspecified atom stereocenters. The Morgan fingerprint density at radius 3 is 2.60 bits per heavy atom. The third-order valence-electron chi connectivity index (χ3n) is 6.69. The summed E-state index contributed by atoms with van der Waals surface area (Å²) >= 11 is 0. The van der Waals surface area contributed by atoms with Gasteiger partial charge < -0.3 is 9.80 Å². The lowest BCUT2D eigenvalue weighted by Crippen LogP contribution is -2.47. The first kappa shape index (κ1) is 18.4. The van der Waals surface area contributed by atoms with Crippen molar-refractivity contribution in [2.45, 2.75) is 39.2 Å². The number of ketones is 1. The molecule has 3 fully saturated rings. The molecule has 6 atom stereocenters. The summed E-state index contributed by atoms with van der Waals surface area (Å²) in [5.41, 5.74) is 0.0584. The molecular weight excluding hydrogens is 312 g/mol. The third kappa shape index (κ3) is 3.33. The Morgan fingerprint density at radius 2 is 2.00 bits per heavy atom. The summed E-state index contributed by atoms with van der Waals surface area (Å²) in [4.78, 5) is 30.4. The van der Waals surface area contributed by atoms with Crippen LogP contribution in [0.5, 0.6) is 0 Å². The van der Waals surface area contributed by atoms with Gasteiger partial charge in [0.1, 0.15) is 0 Å². The van der Waals surface area contributed by atoms with Crippen LogP contribution in [0, 0.1) is 29.1 Å². The number of fused-ring (bicyclic) bond motifs is 1. The third-order valence-corrected chi connectivity index (χ3v) is 6.69. The summed E-state index contributed by atoms with van der Waals surface area (Å²) in [7, 11) is 2.11. The number of allylic oxidation sites excluding steroid dienone is 2. The molecule has 138 valence electrons. The van der Waals surface area contributed by atoms with Gasteiger partial charge in [0.15, 0.2) is 5.78 Å². The fourth-order valence-corrected chi connectivity index (χ4v) is 5.06. The van der Waals surface area contributed by atoms with E-state index in [-0.39, 0.29) is 29.1 Å². The van der Waals surface area contributed by atoms with E-state index in [1.807, 2.05) is 17.9 Å². The van der Waals surface area contributed by atoms with Crippen molar-refractivity contribution >= 4 is 11.7 Å². The van der Waals surface area contributed by atoms with Crippen LogP contribution in [-0.4, -0.2) is 54.2 Å². The van der Waals surface area contributed by atoms with Crippen molar-refractivity contribution in [1.82, 2.24) is 9.80 Å². The Labute approximate surface area is 151 Å². The van der Waals surface area contributed by atoms with Crippen LogP contribution in [0.1, 0.15) is 33.1 Å². The first-order chi connectivity index (χ1) is 11.8. The van der Waals surface area contributed by atoms with E-state index in [1.54, 1.807) is 6.08 Å². The van der Waals surface area contributed by atoms with E-state index < -0.39 is 0 Å². The van der Waals surface area contributed by atoms with E-state index in [1.165, 1.54) is 0 Å². The largest absolute Gasteiger partial charge is 0.332 e. The molecule has 0 spiro atoms. The fraction of sp³-hybridized carbons (Fsp3) is 0.714. The predicted molar refractivity (Wildman–Crippen MR) is 100.0 cm³/mol. The predicted octanol–water partition coefficient (Wildman–Crippen LogP) is 2.76. The van der Waals surface area contributed by atoms with Crippen LogP contribution >= 0.6 is 0 Å². The van der Waals surface area contributed by atoms with Crippen molar-refractivity contribution < 1.29 is 9.59 Å². The van der Waals surface area contributed by atoms with Gasteiger partial charge in [0, 0.05) is 37.9 Å². The average Bonchev–Trinajstić information content (AvgIpc) is 2.86. The maximum absolute atomic E-state index is 13.2. The van der Waals surface area contributed by atoms with Gasteiger partial charge in [0.05, 0.1) is 6.04 Å². The van der Waals surface area contributed by atoms with Gasteiger partial charge in [-0.2, -0.15) is 0 Å². The molecule has 2 heterocycles. The zero-order valence-electron chi connectivity index (χ0n) is 15.9. The first-order valence-corrected chi connectivity index (χ1v) is 9.56. The van der Waals surface area contributed by atoms with Gasteiger partial charge >= 0.3 is 0 Å². The minimum absolute atomic E-state index is 0.0584. The average molecular weight is 344 g/mol. The van der Waals surface area contributed by atoms with Gasteiger partial charge in [-0.05, 0) is 37.1 Å². The minimum atomic E-state index is -0.238. The highest BCUT2D eigenvalue weighted by Crippen LogP contribution is 2.56. The summed E-state index contributed by atoms with van der Waals surface area (Å²) in [5.74, 6) is 1.46. The molecule has 2 aliphatic heterocycles. The van der Waals surface area contributed by atoms with Gasteiger partial charge in [0.25, 0.3) is 0 Å². The molecule has 0 radical (unpaired) electrons. The summed E-state index contributed by atoms with van der Waals surface area (Å²) < 4.78 is 0. The number of nitrogens with zero attached hydrogens (tertiary/aromatic N) is 2. The number of carbonyl (C=O) groups is 2. The molecule has 0 N–H and O–H groups in total. The molecule has 1 amide bonds. The monoisotopic (exact) mass is 344 g/mol. The zero-order chi connectivity index (χ0) is 18.4. The zero-order valence-corrected chi connectivity index (χ0v) is 15.9. The lowest BCUT2D eigenvalue weighted by molar-refractivity contribution is -0.141. The molecule has 25 heavy (non-hydrogen) atoms. The van der Waals surface area contributed by atoms with Crippen LogP contribution in [-0.2, 0) is 9.59 Å². The van der Waals surface area contributed by atoms with Crippen molar-refractivity contribution in [2.75, 3.05) is 26.7 Å². The number of rotatable bonds is 7. The highest BCUT2D eigenvalue weighted by atomic mass is 16.2. The van der Waals surface area contributed by atoms with Gasteiger partial charge in [-0.3, -0.25) is 9.59 Å². The Hall–Kier alpha value is -1.42. The topological polar surface area (TPSA) is 40.6 Å². The van der Waals surface area contributed by atoms with Gasteiger partial charge in [-0.15, -0.1) is 13.2 Å². The summed E-state index contributed by atoms with van der Waals surface area (Å²) in [6.07, 6.45) is 6.06. The van der Waals surface area contributed by atoms with E-state index >= 15 is 0 Å². The molecule has 2 saturated heterocycles. The molecule has 1 aliphatic carbocycles. The smallest absolute Gasteiger partial charge is 0.226 e. The highest BCUT2D eigenvalue weighted by molar-refractivity contribution is 5.91. The molecule has 0 aromatic carbocycles. The van der Waals surface area contributed by atoms with Crippen LogP contribution in [0.2, 0.25) is 0 Å². The van der Waals surface area contributed by atoms with Crippen LogP contribution in [0.4, 0.5) is 0 Å².